The van der Waals surface area contributed by atoms with E-state index in [2.05, 4.69) is 41.8 Å². The summed E-state index contributed by atoms with van der Waals surface area (Å²) < 4.78 is 0. The van der Waals surface area contributed by atoms with Crippen LogP contribution in [0.2, 0.25) is 0 Å². The van der Waals surface area contributed by atoms with Gasteiger partial charge >= 0.3 is 0 Å². The van der Waals surface area contributed by atoms with E-state index in [9.17, 15) is 0 Å². The van der Waals surface area contributed by atoms with E-state index in [4.69, 9.17) is 0 Å². The molecule has 0 saturated carbocycles. The van der Waals surface area contributed by atoms with Crippen LogP contribution in [0.1, 0.15) is 19.4 Å². The first kappa shape index (κ1) is 12.7. The number of nitrogens with one attached hydrogen (secondary N) is 1. The molecule has 16 heavy (non-hydrogen) atoms. The van der Waals surface area contributed by atoms with Crippen molar-refractivity contribution in [2.75, 3.05) is 25.0 Å². The van der Waals surface area contributed by atoms with Crippen molar-refractivity contribution >= 4 is 5.69 Å². The quantitative estimate of drug-likeness (QED) is 0.743. The summed E-state index contributed by atoms with van der Waals surface area (Å²) in [6.45, 7) is 10.8. The van der Waals surface area contributed by atoms with Gasteiger partial charge in [0.2, 0.25) is 0 Å². The summed E-state index contributed by atoms with van der Waals surface area (Å²) in [5.74, 6) is 0. The van der Waals surface area contributed by atoms with E-state index in [1.54, 1.807) is 0 Å². The Hall–Kier alpha value is -1.35. The Kier molecular flexibility index (Phi) is 4.99. The Balaban J connectivity index is 2.80. The van der Waals surface area contributed by atoms with Gasteiger partial charge in [0.05, 0.1) is 0 Å². The molecule has 0 atom stereocenters. The molecule has 0 saturated heterocycles. The van der Waals surface area contributed by atoms with Crippen molar-refractivity contribution in [2.45, 2.75) is 20.4 Å². The molecule has 0 aliphatic rings. The summed E-state index contributed by atoms with van der Waals surface area (Å²) in [4.78, 5) is 6.38. The van der Waals surface area contributed by atoms with Gasteiger partial charge in [-0.15, -0.1) is 0 Å². The van der Waals surface area contributed by atoms with Crippen LogP contribution in [0.15, 0.2) is 30.6 Å². The van der Waals surface area contributed by atoms with E-state index in [-0.39, 0.29) is 0 Å². The van der Waals surface area contributed by atoms with Crippen LogP contribution in [-0.4, -0.2) is 25.1 Å². The third-order valence-electron chi connectivity index (χ3n) is 2.36. The van der Waals surface area contributed by atoms with Gasteiger partial charge in [0, 0.05) is 43.8 Å². The molecule has 3 nitrogen and oxygen atoms in total. The molecular formula is C13H21N3. The monoisotopic (exact) mass is 219 g/mol. The van der Waals surface area contributed by atoms with Gasteiger partial charge < -0.3 is 10.2 Å². The molecule has 0 aliphatic heterocycles. The number of hydrogen-bond acceptors (Lipinski definition) is 3. The Bertz CT molecular complexity index is 347. The van der Waals surface area contributed by atoms with E-state index in [1.165, 1.54) is 11.3 Å². The maximum atomic E-state index is 4.17. The van der Waals surface area contributed by atoms with Crippen LogP contribution >= 0.6 is 0 Å². The number of likely N-dealkylation sites (N-methyl/N-ethyl adjacent to an activating group) is 1. The fourth-order valence-electron chi connectivity index (χ4n) is 1.68. The normalized spacial score (nSPS) is 10.2. The first-order chi connectivity index (χ1) is 7.65. The van der Waals surface area contributed by atoms with Gasteiger partial charge in [-0.1, -0.05) is 19.1 Å². The molecule has 0 aliphatic carbocycles. The van der Waals surface area contributed by atoms with Crippen LogP contribution in [0.25, 0.3) is 0 Å². The Labute approximate surface area is 98.2 Å². The molecule has 88 valence electrons. The lowest BCUT2D eigenvalue weighted by Gasteiger charge is -2.22. The Morgan fingerprint density at radius 3 is 2.94 bits per heavy atom. The SMILES string of the molecule is C=C(C)CN(C)c1ccncc1CNCC. The predicted octanol–water partition coefficient (Wildman–Crippen LogP) is 2.20. The van der Waals surface area contributed by atoms with Gasteiger partial charge in [-0.3, -0.25) is 4.98 Å². The Morgan fingerprint density at radius 2 is 2.31 bits per heavy atom. The van der Waals surface area contributed by atoms with E-state index in [0.717, 1.165) is 25.2 Å². The van der Waals surface area contributed by atoms with Gasteiger partial charge in [-0.25, -0.2) is 0 Å². The van der Waals surface area contributed by atoms with E-state index >= 15 is 0 Å². The minimum Gasteiger partial charge on any atom is -0.370 e. The summed E-state index contributed by atoms with van der Waals surface area (Å²) in [6.07, 6.45) is 3.76. The second-order valence-corrected chi connectivity index (χ2v) is 4.10. The zero-order valence-corrected chi connectivity index (χ0v) is 10.5. The van der Waals surface area contributed by atoms with Crippen molar-refractivity contribution in [3.63, 3.8) is 0 Å². The third kappa shape index (κ3) is 3.66. The molecule has 0 spiro atoms. The van der Waals surface area contributed by atoms with Crippen molar-refractivity contribution in [3.05, 3.63) is 36.2 Å². The van der Waals surface area contributed by atoms with Crippen molar-refractivity contribution in [1.82, 2.24) is 10.3 Å². The molecule has 1 aromatic rings. The number of aromatic nitrogens is 1. The van der Waals surface area contributed by atoms with E-state index in [1.807, 2.05) is 19.3 Å². The fraction of sp³-hybridized carbons (Fsp3) is 0.462. The first-order valence-corrected chi connectivity index (χ1v) is 5.64. The minimum atomic E-state index is 0.861. The van der Waals surface area contributed by atoms with Crippen molar-refractivity contribution < 1.29 is 0 Å². The molecule has 1 rings (SSSR count). The lowest BCUT2D eigenvalue weighted by atomic mass is 10.2. The lowest BCUT2D eigenvalue weighted by Crippen LogP contribution is -2.22. The molecule has 0 amide bonds. The molecular weight excluding hydrogens is 198 g/mol. The number of pyridine rings is 1. The zero-order chi connectivity index (χ0) is 12.0. The smallest absolute Gasteiger partial charge is 0.0443 e. The zero-order valence-electron chi connectivity index (χ0n) is 10.5. The summed E-state index contributed by atoms with van der Waals surface area (Å²) in [5.41, 5.74) is 3.61. The van der Waals surface area contributed by atoms with Crippen molar-refractivity contribution in [2.24, 2.45) is 0 Å². The largest absolute Gasteiger partial charge is 0.370 e. The van der Waals surface area contributed by atoms with Gasteiger partial charge in [-0.05, 0) is 19.5 Å². The molecule has 1 N–H and O–H groups in total. The topological polar surface area (TPSA) is 28.2 Å². The number of anilines is 1. The second kappa shape index (κ2) is 6.28. The van der Waals surface area contributed by atoms with Gasteiger partial charge in [0.1, 0.15) is 0 Å². The van der Waals surface area contributed by atoms with Crippen LogP contribution in [0.5, 0.6) is 0 Å². The highest BCUT2D eigenvalue weighted by Gasteiger charge is 2.06. The van der Waals surface area contributed by atoms with Crippen LogP contribution in [-0.2, 0) is 6.54 Å². The first-order valence-electron chi connectivity index (χ1n) is 5.64. The number of hydrogen-bond donors (Lipinski definition) is 1. The second-order valence-electron chi connectivity index (χ2n) is 4.10. The van der Waals surface area contributed by atoms with E-state index in [0.29, 0.717) is 0 Å². The maximum Gasteiger partial charge on any atom is 0.0443 e. The van der Waals surface area contributed by atoms with Crippen LogP contribution in [0, 0.1) is 0 Å². The van der Waals surface area contributed by atoms with Crippen molar-refractivity contribution in [1.29, 1.82) is 0 Å². The minimum absolute atomic E-state index is 0.861. The number of nitrogens with zero attached hydrogens (tertiary/aromatic N) is 2. The third-order valence-corrected chi connectivity index (χ3v) is 2.36. The average molecular weight is 219 g/mol. The highest BCUT2D eigenvalue weighted by atomic mass is 15.1. The summed E-state index contributed by atoms with van der Waals surface area (Å²) in [6, 6.07) is 2.05. The summed E-state index contributed by atoms with van der Waals surface area (Å²) >= 11 is 0. The molecule has 0 bridgehead atoms. The average Bonchev–Trinajstić information content (AvgIpc) is 2.25. The highest BCUT2D eigenvalue weighted by Crippen LogP contribution is 2.18. The van der Waals surface area contributed by atoms with E-state index < -0.39 is 0 Å². The van der Waals surface area contributed by atoms with Crippen molar-refractivity contribution in [3.8, 4) is 0 Å². The molecule has 0 unspecified atom stereocenters. The molecule has 1 heterocycles. The molecule has 0 aromatic carbocycles. The van der Waals surface area contributed by atoms with Gasteiger partial charge in [0.25, 0.3) is 0 Å². The number of rotatable bonds is 6. The van der Waals surface area contributed by atoms with Gasteiger partial charge in [-0.2, -0.15) is 0 Å². The molecule has 0 radical (unpaired) electrons. The molecule has 1 aromatic heterocycles. The maximum absolute atomic E-state index is 4.17. The Morgan fingerprint density at radius 1 is 1.56 bits per heavy atom. The highest BCUT2D eigenvalue weighted by molar-refractivity contribution is 5.52. The van der Waals surface area contributed by atoms with Gasteiger partial charge in [0.15, 0.2) is 0 Å². The predicted molar refractivity (Wildman–Crippen MR) is 69.7 cm³/mol. The molecule has 0 fully saturated rings. The van der Waals surface area contributed by atoms with Crippen LogP contribution in [0.3, 0.4) is 0 Å². The summed E-state index contributed by atoms with van der Waals surface area (Å²) in [7, 11) is 2.08. The van der Waals surface area contributed by atoms with Crippen LogP contribution in [0.4, 0.5) is 5.69 Å². The fourth-order valence-corrected chi connectivity index (χ4v) is 1.68. The standard InChI is InChI=1S/C13H21N3/c1-5-14-8-12-9-15-7-6-13(12)16(4)10-11(2)3/h6-7,9,14H,2,5,8,10H2,1,3-4H3. The summed E-state index contributed by atoms with van der Waals surface area (Å²) in [5, 5.41) is 3.32. The lowest BCUT2D eigenvalue weighted by molar-refractivity contribution is 0.722. The van der Waals surface area contributed by atoms with Crippen LogP contribution < -0.4 is 10.2 Å². The molecule has 3 heteroatoms.